The van der Waals surface area contributed by atoms with Gasteiger partial charge in [-0.05, 0) is 87.9 Å². The maximum Gasteiger partial charge on any atom is 0.407 e. The number of hydrogen-bond acceptors (Lipinski definition) is 14. The molecule has 314 valence electrons. The summed E-state index contributed by atoms with van der Waals surface area (Å²) in [6, 6.07) is 6.97. The molecule has 0 aliphatic carbocycles. The first-order chi connectivity index (χ1) is 26.9. The molecule has 0 radical (unpaired) electrons. The van der Waals surface area contributed by atoms with Crippen LogP contribution in [0.1, 0.15) is 54.5 Å². The number of ether oxygens (including phenoxy) is 5. The van der Waals surface area contributed by atoms with Crippen molar-refractivity contribution in [3.63, 3.8) is 0 Å². The number of phenolic OH excluding ortho intramolecular Hbond substituents is 2. The number of thioether (sulfide) groups is 1. The summed E-state index contributed by atoms with van der Waals surface area (Å²) in [6.07, 6.45) is 0.243. The molecule has 2 aromatic carbocycles. The van der Waals surface area contributed by atoms with Crippen LogP contribution in [-0.2, 0) is 49.3 Å². The average Bonchev–Trinajstić information content (AvgIpc) is 3.15. The Balaban J connectivity index is 0.000000570. The minimum Gasteiger partial charge on any atom is -0.507 e. The average molecular weight is 818 g/mol. The fourth-order valence-corrected chi connectivity index (χ4v) is 5.44. The second-order valence-electron chi connectivity index (χ2n) is 12.6. The standard InChI is InChI=1S/C20H28N2O6.C20H27NO7S/c1-13(2)19(25)28-10-8-22-20(26)21-7-9-27-17(23)6-5-16-11-14(3)18(24)15(4)12-16;1-13(2)19(24)27-7-6-21-20(25)28-9-8-26-17(22)5-10-29-16-11-14(3)18(23)15(4)12-16/h11-12,24H,1,5-10H2,2-4H3,(H2,21,22,26);11-12,23H,1,5-10H2,2-4H3,(H,21,25). The van der Waals surface area contributed by atoms with Gasteiger partial charge >= 0.3 is 36.0 Å². The van der Waals surface area contributed by atoms with E-state index >= 15 is 0 Å². The summed E-state index contributed by atoms with van der Waals surface area (Å²) >= 11 is 1.50. The number of rotatable bonds is 21. The van der Waals surface area contributed by atoms with Gasteiger partial charge < -0.3 is 49.8 Å². The number of amides is 3. The molecule has 3 amide bonds. The van der Waals surface area contributed by atoms with E-state index in [0.29, 0.717) is 17.7 Å². The minimum atomic E-state index is -0.693. The largest absolute Gasteiger partial charge is 0.507 e. The number of phenols is 2. The quantitative estimate of drug-likeness (QED) is 0.0376. The van der Waals surface area contributed by atoms with Gasteiger partial charge in [-0.25, -0.2) is 19.2 Å². The van der Waals surface area contributed by atoms with Gasteiger partial charge in [0.25, 0.3) is 0 Å². The zero-order valence-corrected chi connectivity index (χ0v) is 34.3. The first-order valence-corrected chi connectivity index (χ1v) is 19.0. The lowest BCUT2D eigenvalue weighted by molar-refractivity contribution is -0.144. The lowest BCUT2D eigenvalue weighted by Gasteiger charge is -2.10. The molecule has 0 fully saturated rings. The number of aryl methyl sites for hydroxylation is 5. The zero-order valence-electron chi connectivity index (χ0n) is 33.5. The number of carbonyl (C=O) groups is 6. The summed E-state index contributed by atoms with van der Waals surface area (Å²) in [6.45, 7) is 17.7. The number of esters is 4. The first kappa shape index (κ1) is 49.3. The SMILES string of the molecule is C=C(C)C(=O)OCCNC(=O)NCCOC(=O)CCc1cc(C)c(O)c(C)c1.C=C(C)C(=O)OCCNC(=O)OCCOC(=O)CCSc1cc(C)c(O)c(C)c1. The van der Waals surface area contributed by atoms with E-state index in [1.165, 1.54) is 25.6 Å². The molecule has 2 aromatic rings. The van der Waals surface area contributed by atoms with Crippen LogP contribution in [0.2, 0.25) is 0 Å². The van der Waals surface area contributed by atoms with Crippen molar-refractivity contribution in [1.29, 1.82) is 0 Å². The Morgan fingerprint density at radius 2 is 1.02 bits per heavy atom. The molecular formula is C40H55N3O13S. The van der Waals surface area contributed by atoms with Crippen molar-refractivity contribution in [3.05, 3.63) is 76.4 Å². The first-order valence-electron chi connectivity index (χ1n) is 18.0. The molecule has 0 saturated carbocycles. The summed E-state index contributed by atoms with van der Waals surface area (Å²) in [5.74, 6) is -0.701. The summed E-state index contributed by atoms with van der Waals surface area (Å²) in [7, 11) is 0. The third kappa shape index (κ3) is 21.8. The summed E-state index contributed by atoms with van der Waals surface area (Å²) in [4.78, 5) is 69.7. The predicted molar refractivity (Wildman–Crippen MR) is 213 cm³/mol. The second-order valence-corrected chi connectivity index (χ2v) is 13.8. The van der Waals surface area contributed by atoms with Gasteiger partial charge in [0.2, 0.25) is 0 Å². The maximum absolute atomic E-state index is 11.8. The molecule has 0 aliphatic heterocycles. The molecule has 57 heavy (non-hydrogen) atoms. The van der Waals surface area contributed by atoms with E-state index in [4.69, 9.17) is 23.7 Å². The topological polar surface area (TPSA) is 225 Å². The lowest BCUT2D eigenvalue weighted by atomic mass is 10.0. The molecule has 0 atom stereocenters. The Kier molecular flexibility index (Phi) is 23.3. The Morgan fingerprint density at radius 1 is 0.596 bits per heavy atom. The van der Waals surface area contributed by atoms with Crippen molar-refractivity contribution in [3.8, 4) is 11.5 Å². The van der Waals surface area contributed by atoms with Gasteiger partial charge in [0.15, 0.2) is 0 Å². The van der Waals surface area contributed by atoms with Crippen LogP contribution in [0.3, 0.4) is 0 Å². The van der Waals surface area contributed by atoms with E-state index in [2.05, 4.69) is 29.1 Å². The summed E-state index contributed by atoms with van der Waals surface area (Å²) in [5, 5.41) is 27.0. The van der Waals surface area contributed by atoms with E-state index in [0.717, 1.165) is 32.7 Å². The van der Waals surface area contributed by atoms with Crippen LogP contribution in [0.15, 0.2) is 53.5 Å². The number of benzene rings is 2. The van der Waals surface area contributed by atoms with Crippen molar-refractivity contribution in [1.82, 2.24) is 16.0 Å². The van der Waals surface area contributed by atoms with E-state index in [-0.39, 0.29) is 94.5 Å². The highest BCUT2D eigenvalue weighted by Crippen LogP contribution is 2.29. The number of carbonyl (C=O) groups excluding carboxylic acids is 6. The highest BCUT2D eigenvalue weighted by atomic mass is 32.2. The molecule has 0 saturated heterocycles. The number of urea groups is 1. The summed E-state index contributed by atoms with van der Waals surface area (Å²) < 4.78 is 24.6. The van der Waals surface area contributed by atoms with Gasteiger partial charge in [-0.1, -0.05) is 25.3 Å². The minimum absolute atomic E-state index is 0.00747. The molecule has 0 bridgehead atoms. The third-order valence-corrected chi connectivity index (χ3v) is 8.34. The van der Waals surface area contributed by atoms with Crippen molar-refractivity contribution in [2.45, 2.75) is 65.7 Å². The molecule has 0 heterocycles. The molecule has 0 unspecified atom stereocenters. The zero-order chi connectivity index (χ0) is 42.9. The van der Waals surface area contributed by atoms with Crippen molar-refractivity contribution in [2.24, 2.45) is 0 Å². The van der Waals surface area contributed by atoms with E-state index in [1.54, 1.807) is 0 Å². The molecule has 0 spiro atoms. The Hall–Kier alpha value is -5.71. The predicted octanol–water partition coefficient (Wildman–Crippen LogP) is 4.78. The van der Waals surface area contributed by atoms with Crippen LogP contribution in [0.25, 0.3) is 0 Å². The molecule has 0 aromatic heterocycles. The number of aromatic hydroxyl groups is 2. The lowest BCUT2D eigenvalue weighted by Crippen LogP contribution is -2.39. The second kappa shape index (κ2) is 27.0. The van der Waals surface area contributed by atoms with Crippen LogP contribution < -0.4 is 16.0 Å². The Morgan fingerprint density at radius 3 is 1.53 bits per heavy atom. The number of hydrogen-bond donors (Lipinski definition) is 5. The van der Waals surface area contributed by atoms with Gasteiger partial charge in [-0.3, -0.25) is 9.59 Å². The van der Waals surface area contributed by atoms with Crippen LogP contribution in [0.5, 0.6) is 11.5 Å². The maximum atomic E-state index is 11.8. The third-order valence-electron chi connectivity index (χ3n) is 7.36. The smallest absolute Gasteiger partial charge is 0.407 e. The van der Waals surface area contributed by atoms with Gasteiger partial charge in [0.1, 0.15) is 44.5 Å². The van der Waals surface area contributed by atoms with Crippen LogP contribution in [0, 0.1) is 27.7 Å². The molecular weight excluding hydrogens is 763 g/mol. The number of alkyl carbamates (subject to hydrolysis) is 1. The van der Waals surface area contributed by atoms with E-state index < -0.39 is 24.1 Å². The van der Waals surface area contributed by atoms with Crippen molar-refractivity contribution in [2.75, 3.05) is 58.4 Å². The van der Waals surface area contributed by atoms with Crippen LogP contribution >= 0.6 is 11.8 Å². The normalized spacial score (nSPS) is 10.1. The van der Waals surface area contributed by atoms with E-state index in [1.807, 2.05) is 52.0 Å². The molecule has 2 rings (SSSR count). The molecule has 17 heteroatoms. The fourth-order valence-electron chi connectivity index (χ4n) is 4.42. The van der Waals surface area contributed by atoms with Gasteiger partial charge in [-0.15, -0.1) is 11.8 Å². The van der Waals surface area contributed by atoms with Gasteiger partial charge in [-0.2, -0.15) is 0 Å². The monoisotopic (exact) mass is 817 g/mol. The number of nitrogens with one attached hydrogen (secondary N) is 3. The van der Waals surface area contributed by atoms with Crippen molar-refractivity contribution >= 4 is 47.8 Å². The van der Waals surface area contributed by atoms with Gasteiger partial charge in [0.05, 0.1) is 26.1 Å². The molecule has 0 aliphatic rings. The van der Waals surface area contributed by atoms with E-state index in [9.17, 15) is 39.0 Å². The van der Waals surface area contributed by atoms with Crippen LogP contribution in [0.4, 0.5) is 9.59 Å². The summed E-state index contributed by atoms with van der Waals surface area (Å²) in [5.41, 5.74) is 4.65. The highest BCUT2D eigenvalue weighted by molar-refractivity contribution is 7.99. The highest BCUT2D eigenvalue weighted by Gasteiger charge is 2.10. The fraction of sp³-hybridized carbons (Fsp3) is 0.450. The Bertz CT molecular complexity index is 1680. The van der Waals surface area contributed by atoms with Crippen LogP contribution in [-0.4, -0.2) is 105 Å². The molecule has 5 N–H and O–H groups in total. The molecule has 16 nitrogen and oxygen atoms in total. The van der Waals surface area contributed by atoms with Crippen molar-refractivity contribution < 1.29 is 62.7 Å². The Labute approximate surface area is 337 Å². The van der Waals surface area contributed by atoms with Gasteiger partial charge in [0, 0.05) is 28.2 Å².